The summed E-state index contributed by atoms with van der Waals surface area (Å²) in [5, 5.41) is 7.75. The second kappa shape index (κ2) is 4.15. The van der Waals surface area contributed by atoms with Gasteiger partial charge in [-0.05, 0) is 31.8 Å². The van der Waals surface area contributed by atoms with Crippen LogP contribution in [0.15, 0.2) is 9.62 Å². The fraction of sp³-hybridized carbons (Fsp3) is 0.636. The summed E-state index contributed by atoms with van der Waals surface area (Å²) in [5.74, 6) is 7.08. The topological polar surface area (TPSA) is 73.6 Å². The minimum atomic E-state index is 0.0606. The third kappa shape index (κ3) is 1.77. The van der Waals surface area contributed by atoms with Gasteiger partial charge in [-0.2, -0.15) is 5.10 Å². The fourth-order valence-corrected chi connectivity index (χ4v) is 1.93. The Morgan fingerprint density at radius 2 is 2.31 bits per heavy atom. The average Bonchev–Trinajstić information content (AvgIpc) is 2.63. The van der Waals surface area contributed by atoms with Gasteiger partial charge in [0, 0.05) is 5.92 Å². The molecular weight excluding hydrogens is 206 g/mol. The molecular formula is C11H17N3O2. The van der Waals surface area contributed by atoms with Gasteiger partial charge in [0.25, 0.3) is 5.88 Å². The summed E-state index contributed by atoms with van der Waals surface area (Å²) in [5.41, 5.74) is 1.68. The SMILES string of the molecule is CC(C)Oc1noc2c1/C(=N/N)CCC2C. The Balaban J connectivity index is 2.43. The molecule has 1 aromatic heterocycles. The van der Waals surface area contributed by atoms with Crippen LogP contribution in [0.3, 0.4) is 0 Å². The predicted molar refractivity (Wildman–Crippen MR) is 60.6 cm³/mol. The van der Waals surface area contributed by atoms with Gasteiger partial charge in [-0.1, -0.05) is 6.92 Å². The summed E-state index contributed by atoms with van der Waals surface area (Å²) in [6, 6.07) is 0. The molecule has 1 heterocycles. The Morgan fingerprint density at radius 3 is 2.94 bits per heavy atom. The van der Waals surface area contributed by atoms with Crippen LogP contribution in [-0.2, 0) is 0 Å². The molecule has 1 aliphatic rings. The molecule has 0 aromatic carbocycles. The second-order valence-corrected chi connectivity index (χ2v) is 4.41. The van der Waals surface area contributed by atoms with E-state index < -0.39 is 0 Å². The Bertz CT molecular complexity index is 409. The summed E-state index contributed by atoms with van der Waals surface area (Å²) in [7, 11) is 0. The van der Waals surface area contributed by atoms with Gasteiger partial charge >= 0.3 is 0 Å². The molecule has 0 radical (unpaired) electrons. The summed E-state index contributed by atoms with van der Waals surface area (Å²) in [4.78, 5) is 0. The van der Waals surface area contributed by atoms with Gasteiger partial charge in [0.2, 0.25) is 0 Å². The lowest BCUT2D eigenvalue weighted by atomic mass is 9.88. The van der Waals surface area contributed by atoms with Crippen LogP contribution in [-0.4, -0.2) is 17.0 Å². The molecule has 5 nitrogen and oxygen atoms in total. The van der Waals surface area contributed by atoms with E-state index >= 15 is 0 Å². The second-order valence-electron chi connectivity index (χ2n) is 4.41. The first-order valence-electron chi connectivity index (χ1n) is 5.56. The van der Waals surface area contributed by atoms with Crippen molar-refractivity contribution in [1.82, 2.24) is 5.16 Å². The molecule has 2 N–H and O–H groups in total. The van der Waals surface area contributed by atoms with Gasteiger partial charge in [-0.25, -0.2) is 0 Å². The molecule has 1 aliphatic carbocycles. The van der Waals surface area contributed by atoms with E-state index in [1.807, 2.05) is 13.8 Å². The molecule has 0 aliphatic heterocycles. The zero-order chi connectivity index (χ0) is 11.7. The molecule has 0 bridgehead atoms. The van der Waals surface area contributed by atoms with Gasteiger partial charge in [-0.15, -0.1) is 0 Å². The van der Waals surface area contributed by atoms with Crippen LogP contribution < -0.4 is 10.6 Å². The number of ether oxygens (including phenoxy) is 1. The molecule has 1 atom stereocenters. The molecule has 2 rings (SSSR count). The fourth-order valence-electron chi connectivity index (χ4n) is 1.93. The first kappa shape index (κ1) is 11.0. The standard InChI is InChI=1S/C11H17N3O2/c1-6(2)15-11-9-8(13-12)5-4-7(3)10(9)16-14-11/h6-7H,4-5,12H2,1-3H3/b13-8+. The number of fused-ring (bicyclic) bond motifs is 1. The molecule has 88 valence electrons. The van der Waals surface area contributed by atoms with Crippen LogP contribution in [0.1, 0.15) is 50.9 Å². The number of rotatable bonds is 2. The smallest absolute Gasteiger partial charge is 0.263 e. The van der Waals surface area contributed by atoms with E-state index in [9.17, 15) is 0 Å². The maximum atomic E-state index is 5.59. The van der Waals surface area contributed by atoms with E-state index in [0.29, 0.717) is 11.8 Å². The number of hydrogen-bond acceptors (Lipinski definition) is 5. The zero-order valence-electron chi connectivity index (χ0n) is 9.86. The van der Waals surface area contributed by atoms with Gasteiger partial charge in [0.05, 0.1) is 11.8 Å². The minimum absolute atomic E-state index is 0.0606. The van der Waals surface area contributed by atoms with Gasteiger partial charge in [0.1, 0.15) is 5.56 Å². The van der Waals surface area contributed by atoms with E-state index in [4.69, 9.17) is 15.1 Å². The molecule has 5 heteroatoms. The summed E-state index contributed by atoms with van der Waals surface area (Å²) >= 11 is 0. The highest BCUT2D eigenvalue weighted by Gasteiger charge is 2.30. The molecule has 0 amide bonds. The van der Waals surface area contributed by atoms with E-state index in [0.717, 1.165) is 29.9 Å². The first-order chi connectivity index (χ1) is 7.63. The largest absolute Gasteiger partial charge is 0.472 e. The number of nitrogens with zero attached hydrogens (tertiary/aromatic N) is 2. The van der Waals surface area contributed by atoms with Crippen LogP contribution in [0.2, 0.25) is 0 Å². The van der Waals surface area contributed by atoms with Crippen LogP contribution in [0.25, 0.3) is 0 Å². The summed E-state index contributed by atoms with van der Waals surface area (Å²) in [6.45, 7) is 6.01. The van der Waals surface area contributed by atoms with Crippen molar-refractivity contribution in [2.45, 2.75) is 45.6 Å². The summed E-state index contributed by atoms with van der Waals surface area (Å²) < 4.78 is 10.9. The lowest BCUT2D eigenvalue weighted by molar-refractivity contribution is 0.216. The number of hydrogen-bond donors (Lipinski definition) is 1. The molecule has 16 heavy (non-hydrogen) atoms. The van der Waals surface area contributed by atoms with Crippen molar-refractivity contribution in [2.75, 3.05) is 0 Å². The Morgan fingerprint density at radius 1 is 1.56 bits per heavy atom. The zero-order valence-corrected chi connectivity index (χ0v) is 9.86. The van der Waals surface area contributed by atoms with Crippen molar-refractivity contribution in [2.24, 2.45) is 10.9 Å². The average molecular weight is 223 g/mol. The van der Waals surface area contributed by atoms with Crippen molar-refractivity contribution in [1.29, 1.82) is 0 Å². The van der Waals surface area contributed by atoms with Crippen molar-refractivity contribution < 1.29 is 9.26 Å². The van der Waals surface area contributed by atoms with Gasteiger partial charge in [-0.3, -0.25) is 0 Å². The lowest BCUT2D eigenvalue weighted by Crippen LogP contribution is -2.17. The van der Waals surface area contributed by atoms with E-state index in [1.54, 1.807) is 0 Å². The number of nitrogens with two attached hydrogens (primary N) is 1. The van der Waals surface area contributed by atoms with E-state index in [1.165, 1.54) is 0 Å². The number of hydrazone groups is 1. The molecule has 0 spiro atoms. The van der Waals surface area contributed by atoms with Crippen molar-refractivity contribution in [3.8, 4) is 5.88 Å². The van der Waals surface area contributed by atoms with Crippen LogP contribution in [0.5, 0.6) is 5.88 Å². The van der Waals surface area contributed by atoms with Gasteiger partial charge < -0.3 is 15.1 Å². The van der Waals surface area contributed by atoms with E-state index in [-0.39, 0.29) is 6.10 Å². The van der Waals surface area contributed by atoms with Crippen LogP contribution in [0, 0.1) is 0 Å². The third-order valence-electron chi connectivity index (χ3n) is 2.74. The van der Waals surface area contributed by atoms with Crippen molar-refractivity contribution in [3.63, 3.8) is 0 Å². The minimum Gasteiger partial charge on any atom is -0.472 e. The Labute approximate surface area is 94.6 Å². The lowest BCUT2D eigenvalue weighted by Gasteiger charge is -2.18. The monoisotopic (exact) mass is 223 g/mol. The Kier molecular flexibility index (Phi) is 2.85. The van der Waals surface area contributed by atoms with Gasteiger partial charge in [0.15, 0.2) is 5.76 Å². The molecule has 1 unspecified atom stereocenters. The quantitative estimate of drug-likeness (QED) is 0.615. The predicted octanol–water partition coefficient (Wildman–Crippen LogP) is 2.02. The maximum absolute atomic E-state index is 5.59. The maximum Gasteiger partial charge on any atom is 0.263 e. The highest BCUT2D eigenvalue weighted by molar-refractivity contribution is 6.04. The van der Waals surface area contributed by atoms with E-state index in [2.05, 4.69) is 17.2 Å². The van der Waals surface area contributed by atoms with Crippen molar-refractivity contribution in [3.05, 3.63) is 11.3 Å². The Hall–Kier alpha value is -1.52. The molecule has 0 saturated heterocycles. The highest BCUT2D eigenvalue weighted by Crippen LogP contribution is 2.36. The first-order valence-corrected chi connectivity index (χ1v) is 5.56. The van der Waals surface area contributed by atoms with Crippen LogP contribution in [0.4, 0.5) is 0 Å². The molecule has 1 aromatic rings. The molecule has 0 saturated carbocycles. The van der Waals surface area contributed by atoms with Crippen molar-refractivity contribution >= 4 is 5.71 Å². The third-order valence-corrected chi connectivity index (χ3v) is 2.74. The summed E-state index contributed by atoms with van der Waals surface area (Å²) in [6.07, 6.45) is 1.89. The number of aromatic nitrogens is 1. The molecule has 0 fully saturated rings. The van der Waals surface area contributed by atoms with Crippen LogP contribution >= 0.6 is 0 Å². The highest BCUT2D eigenvalue weighted by atomic mass is 16.5. The normalized spacial score (nSPS) is 22.5.